The molecule has 0 radical (unpaired) electrons. The highest BCUT2D eigenvalue weighted by atomic mass is 15.0. The van der Waals surface area contributed by atoms with Gasteiger partial charge in [-0.05, 0) is 44.4 Å². The molecule has 1 N–H and O–H groups in total. The van der Waals surface area contributed by atoms with Crippen molar-refractivity contribution in [2.45, 2.75) is 58.0 Å². The van der Waals surface area contributed by atoms with Crippen LogP contribution in [0.1, 0.15) is 46.0 Å². The normalized spacial score (nSPS) is 42.0. The average Bonchev–Trinajstić information content (AvgIpc) is 2.64. The highest BCUT2D eigenvalue weighted by Crippen LogP contribution is 2.44. The van der Waals surface area contributed by atoms with Crippen LogP contribution in [0.25, 0.3) is 0 Å². The molecule has 2 rings (SSSR count). The molecule has 12 heavy (non-hydrogen) atoms. The van der Waals surface area contributed by atoms with Crippen LogP contribution in [0.4, 0.5) is 0 Å². The van der Waals surface area contributed by atoms with Crippen LogP contribution >= 0.6 is 0 Å². The second kappa shape index (κ2) is 3.37. The number of nitrogens with one attached hydrogen (secondary N) is 1. The molecule has 0 saturated heterocycles. The quantitative estimate of drug-likeness (QED) is 0.681. The highest BCUT2D eigenvalue weighted by molar-refractivity contribution is 4.94. The molecule has 1 nitrogen and oxygen atoms in total. The van der Waals surface area contributed by atoms with Crippen LogP contribution in [0.2, 0.25) is 0 Å². The van der Waals surface area contributed by atoms with Gasteiger partial charge in [0, 0.05) is 12.1 Å². The Balaban J connectivity index is 1.82. The lowest BCUT2D eigenvalue weighted by atomic mass is 9.94. The molecule has 4 atom stereocenters. The summed E-state index contributed by atoms with van der Waals surface area (Å²) in [7, 11) is 0. The van der Waals surface area contributed by atoms with Crippen molar-refractivity contribution in [2.75, 3.05) is 0 Å². The number of fused-ring (bicyclic) bond motifs is 2. The van der Waals surface area contributed by atoms with Crippen LogP contribution in [-0.2, 0) is 0 Å². The molecule has 0 aromatic rings. The van der Waals surface area contributed by atoms with Crippen LogP contribution in [-0.4, -0.2) is 12.1 Å². The van der Waals surface area contributed by atoms with E-state index < -0.39 is 0 Å². The lowest BCUT2D eigenvalue weighted by molar-refractivity contribution is 0.321. The number of hydrogen-bond donors (Lipinski definition) is 1. The fourth-order valence-corrected chi connectivity index (χ4v) is 2.93. The van der Waals surface area contributed by atoms with Gasteiger partial charge in [0.1, 0.15) is 0 Å². The first kappa shape index (κ1) is 8.55. The molecule has 1 heteroatoms. The van der Waals surface area contributed by atoms with Crippen molar-refractivity contribution < 1.29 is 0 Å². The summed E-state index contributed by atoms with van der Waals surface area (Å²) in [5, 5.41) is 3.76. The zero-order valence-corrected chi connectivity index (χ0v) is 8.34. The average molecular weight is 167 g/mol. The lowest BCUT2D eigenvalue weighted by Crippen LogP contribution is -2.39. The third-order valence-corrected chi connectivity index (χ3v) is 3.85. The molecule has 0 aromatic heterocycles. The highest BCUT2D eigenvalue weighted by Gasteiger charge is 2.39. The Morgan fingerprint density at radius 1 is 1.33 bits per heavy atom. The van der Waals surface area contributed by atoms with E-state index in [4.69, 9.17) is 0 Å². The second-order valence-electron chi connectivity index (χ2n) is 4.76. The predicted molar refractivity (Wildman–Crippen MR) is 52.1 cm³/mol. The molecule has 2 bridgehead atoms. The van der Waals surface area contributed by atoms with Crippen molar-refractivity contribution in [3.63, 3.8) is 0 Å². The Labute approximate surface area is 75.9 Å². The molecule has 0 heterocycles. The van der Waals surface area contributed by atoms with E-state index in [1.165, 1.54) is 32.1 Å². The molecule has 0 aliphatic heterocycles. The minimum Gasteiger partial charge on any atom is -0.311 e. The van der Waals surface area contributed by atoms with Crippen molar-refractivity contribution >= 4 is 0 Å². The van der Waals surface area contributed by atoms with E-state index in [2.05, 4.69) is 19.2 Å². The minimum atomic E-state index is 0.731. The third-order valence-electron chi connectivity index (χ3n) is 3.85. The number of hydrogen-bond acceptors (Lipinski definition) is 1. The molecule has 0 amide bonds. The smallest absolute Gasteiger partial charge is 0.0100 e. The van der Waals surface area contributed by atoms with Gasteiger partial charge < -0.3 is 5.32 Å². The van der Waals surface area contributed by atoms with Gasteiger partial charge in [0.15, 0.2) is 0 Å². The van der Waals surface area contributed by atoms with E-state index in [-0.39, 0.29) is 0 Å². The van der Waals surface area contributed by atoms with Gasteiger partial charge in [-0.2, -0.15) is 0 Å². The summed E-state index contributed by atoms with van der Waals surface area (Å²) in [5.41, 5.74) is 0. The molecular weight excluding hydrogens is 146 g/mol. The molecule has 2 saturated carbocycles. The minimum absolute atomic E-state index is 0.731. The maximum Gasteiger partial charge on any atom is 0.0100 e. The third kappa shape index (κ3) is 1.52. The molecular formula is C11H21N. The van der Waals surface area contributed by atoms with Gasteiger partial charge in [-0.3, -0.25) is 0 Å². The summed E-state index contributed by atoms with van der Waals surface area (Å²) >= 11 is 0. The summed E-state index contributed by atoms with van der Waals surface area (Å²) in [6, 6.07) is 1.60. The van der Waals surface area contributed by atoms with Crippen LogP contribution in [0.5, 0.6) is 0 Å². The molecule has 0 unspecified atom stereocenters. The van der Waals surface area contributed by atoms with Crippen LogP contribution < -0.4 is 5.32 Å². The number of rotatable bonds is 3. The summed E-state index contributed by atoms with van der Waals surface area (Å²) in [5.74, 6) is 2.11. The largest absolute Gasteiger partial charge is 0.311 e. The monoisotopic (exact) mass is 167 g/mol. The molecule has 0 spiro atoms. The van der Waals surface area contributed by atoms with E-state index in [9.17, 15) is 0 Å². The molecule has 0 aromatic carbocycles. The Bertz CT molecular complexity index is 155. The summed E-state index contributed by atoms with van der Waals surface area (Å²) in [4.78, 5) is 0. The van der Waals surface area contributed by atoms with E-state index >= 15 is 0 Å². The van der Waals surface area contributed by atoms with Crippen molar-refractivity contribution in [3.05, 3.63) is 0 Å². The molecule has 70 valence electrons. The van der Waals surface area contributed by atoms with Gasteiger partial charge in [-0.25, -0.2) is 0 Å². The van der Waals surface area contributed by atoms with E-state index in [1.807, 2.05) is 0 Å². The van der Waals surface area contributed by atoms with Crippen LogP contribution in [0, 0.1) is 11.8 Å². The topological polar surface area (TPSA) is 12.0 Å². The molecule has 2 fully saturated rings. The fourth-order valence-electron chi connectivity index (χ4n) is 2.93. The van der Waals surface area contributed by atoms with E-state index in [1.54, 1.807) is 0 Å². The van der Waals surface area contributed by atoms with Gasteiger partial charge in [-0.1, -0.05) is 13.3 Å². The van der Waals surface area contributed by atoms with E-state index in [0.717, 1.165) is 23.9 Å². The van der Waals surface area contributed by atoms with Gasteiger partial charge in [-0.15, -0.1) is 0 Å². The first-order valence-corrected chi connectivity index (χ1v) is 5.55. The maximum absolute atomic E-state index is 3.76. The summed E-state index contributed by atoms with van der Waals surface area (Å²) < 4.78 is 0. The molecule has 2 aliphatic rings. The Hall–Kier alpha value is -0.0400. The van der Waals surface area contributed by atoms with Gasteiger partial charge >= 0.3 is 0 Å². The SMILES string of the molecule is CC[C@H](C)N[C@@H]1C[C@H]2CC[C@H]1C2. The van der Waals surface area contributed by atoms with Gasteiger partial charge in [0.25, 0.3) is 0 Å². The van der Waals surface area contributed by atoms with Crippen molar-refractivity contribution in [3.8, 4) is 0 Å². The lowest BCUT2D eigenvalue weighted by Gasteiger charge is -2.26. The van der Waals surface area contributed by atoms with Crippen molar-refractivity contribution in [1.29, 1.82) is 0 Å². The summed E-state index contributed by atoms with van der Waals surface area (Å²) in [6.45, 7) is 4.58. The maximum atomic E-state index is 3.76. The predicted octanol–water partition coefficient (Wildman–Crippen LogP) is 2.56. The fraction of sp³-hybridized carbons (Fsp3) is 1.00. The second-order valence-corrected chi connectivity index (χ2v) is 4.76. The Morgan fingerprint density at radius 3 is 2.67 bits per heavy atom. The van der Waals surface area contributed by atoms with E-state index in [0.29, 0.717) is 0 Å². The Morgan fingerprint density at radius 2 is 2.17 bits per heavy atom. The van der Waals surface area contributed by atoms with Gasteiger partial charge in [0.05, 0.1) is 0 Å². The van der Waals surface area contributed by atoms with Crippen molar-refractivity contribution in [2.24, 2.45) is 11.8 Å². The first-order chi connectivity index (χ1) is 5.79. The summed E-state index contributed by atoms with van der Waals surface area (Å²) in [6.07, 6.45) is 7.28. The molecule has 2 aliphatic carbocycles. The zero-order valence-electron chi connectivity index (χ0n) is 8.34. The van der Waals surface area contributed by atoms with Crippen LogP contribution in [0.3, 0.4) is 0 Å². The van der Waals surface area contributed by atoms with Gasteiger partial charge in [0.2, 0.25) is 0 Å². The van der Waals surface area contributed by atoms with Crippen molar-refractivity contribution in [1.82, 2.24) is 5.32 Å². The zero-order chi connectivity index (χ0) is 8.55. The Kier molecular flexibility index (Phi) is 2.40. The first-order valence-electron chi connectivity index (χ1n) is 5.55. The standard InChI is InChI=1S/C11H21N/c1-3-8(2)12-11-7-9-4-5-10(11)6-9/h8-12H,3-7H2,1-2H3/t8-,9-,10-,11+/m0/s1. The van der Waals surface area contributed by atoms with Crippen LogP contribution in [0.15, 0.2) is 0 Å².